The van der Waals surface area contributed by atoms with Gasteiger partial charge in [0, 0.05) is 18.2 Å². The van der Waals surface area contributed by atoms with Gasteiger partial charge in [0.05, 0.1) is 53.9 Å². The Labute approximate surface area is 180 Å². The molecule has 0 aliphatic rings. The van der Waals surface area contributed by atoms with Crippen molar-refractivity contribution in [3.63, 3.8) is 0 Å². The molecule has 1 N–H and O–H groups in total. The Hall–Kier alpha value is -3.88. The molecular formula is C22H25NO8. The highest BCUT2D eigenvalue weighted by Crippen LogP contribution is 2.38. The quantitative estimate of drug-likeness (QED) is 0.477. The number of methoxy groups -OCH3 is 6. The largest absolute Gasteiger partial charge is 0.493 e. The van der Waals surface area contributed by atoms with Gasteiger partial charge < -0.3 is 33.7 Å². The van der Waals surface area contributed by atoms with Crippen LogP contribution in [0.3, 0.4) is 0 Å². The summed E-state index contributed by atoms with van der Waals surface area (Å²) in [7, 11) is 8.65. The Morgan fingerprint density at radius 1 is 0.742 bits per heavy atom. The van der Waals surface area contributed by atoms with Gasteiger partial charge in [0.2, 0.25) is 11.7 Å². The topological polar surface area (TPSA) is 102 Å². The zero-order chi connectivity index (χ0) is 23.0. The molecule has 0 unspecified atom stereocenters. The molecule has 0 aliphatic carbocycles. The summed E-state index contributed by atoms with van der Waals surface area (Å²) in [5.41, 5.74) is 0.976. The van der Waals surface area contributed by atoms with Crippen LogP contribution in [-0.2, 0) is 9.53 Å². The van der Waals surface area contributed by atoms with Crippen LogP contribution in [0.15, 0.2) is 30.3 Å². The van der Waals surface area contributed by atoms with E-state index in [1.807, 2.05) is 0 Å². The van der Waals surface area contributed by atoms with Crippen molar-refractivity contribution in [2.45, 2.75) is 0 Å². The lowest BCUT2D eigenvalue weighted by Gasteiger charge is -2.14. The summed E-state index contributed by atoms with van der Waals surface area (Å²) in [4.78, 5) is 24.7. The summed E-state index contributed by atoms with van der Waals surface area (Å²) < 4.78 is 31.1. The van der Waals surface area contributed by atoms with Crippen molar-refractivity contribution in [1.29, 1.82) is 0 Å². The Balaban J connectivity index is 2.34. The molecule has 2 aromatic rings. The van der Waals surface area contributed by atoms with E-state index >= 15 is 0 Å². The van der Waals surface area contributed by atoms with Crippen LogP contribution in [0.4, 0.5) is 5.69 Å². The van der Waals surface area contributed by atoms with Gasteiger partial charge >= 0.3 is 5.97 Å². The van der Waals surface area contributed by atoms with E-state index < -0.39 is 11.9 Å². The molecule has 0 heterocycles. The highest BCUT2D eigenvalue weighted by Gasteiger charge is 2.19. The summed E-state index contributed by atoms with van der Waals surface area (Å²) in [6.07, 6.45) is 2.87. The lowest BCUT2D eigenvalue weighted by Crippen LogP contribution is -2.13. The fourth-order valence-electron chi connectivity index (χ4n) is 2.81. The number of anilines is 1. The standard InChI is InChI=1S/C22H25NO8/c1-26-16-11-14(22(25)31-6)15(12-17(16)27-2)23-20(24)8-7-13-9-18(28-3)21(30-5)19(10-13)29-4/h7-12H,1-6H3,(H,23,24)/b8-7+. The van der Waals surface area contributed by atoms with Crippen molar-refractivity contribution in [1.82, 2.24) is 0 Å². The summed E-state index contributed by atoms with van der Waals surface area (Å²) >= 11 is 0. The maximum Gasteiger partial charge on any atom is 0.340 e. The molecule has 0 aliphatic heterocycles. The van der Waals surface area contributed by atoms with Crippen molar-refractivity contribution in [2.75, 3.05) is 48.0 Å². The van der Waals surface area contributed by atoms with E-state index in [4.69, 9.17) is 28.4 Å². The first-order valence-electron chi connectivity index (χ1n) is 9.05. The molecular weight excluding hydrogens is 406 g/mol. The van der Waals surface area contributed by atoms with E-state index in [0.29, 0.717) is 34.3 Å². The summed E-state index contributed by atoms with van der Waals surface area (Å²) in [6.45, 7) is 0. The molecule has 0 saturated heterocycles. The average Bonchev–Trinajstić information content (AvgIpc) is 2.80. The van der Waals surface area contributed by atoms with Crippen LogP contribution >= 0.6 is 0 Å². The Kier molecular flexibility index (Phi) is 8.13. The van der Waals surface area contributed by atoms with Crippen LogP contribution in [-0.4, -0.2) is 54.5 Å². The van der Waals surface area contributed by atoms with E-state index in [1.165, 1.54) is 60.9 Å². The van der Waals surface area contributed by atoms with E-state index in [2.05, 4.69) is 5.32 Å². The van der Waals surface area contributed by atoms with Gasteiger partial charge in [-0.1, -0.05) is 0 Å². The van der Waals surface area contributed by atoms with Crippen LogP contribution in [0.25, 0.3) is 6.08 Å². The first kappa shape index (κ1) is 23.4. The van der Waals surface area contributed by atoms with Crippen molar-refractivity contribution in [3.8, 4) is 28.7 Å². The number of hydrogen-bond donors (Lipinski definition) is 1. The molecule has 31 heavy (non-hydrogen) atoms. The molecule has 2 rings (SSSR count). The fourth-order valence-corrected chi connectivity index (χ4v) is 2.81. The number of benzene rings is 2. The monoisotopic (exact) mass is 431 g/mol. The summed E-state index contributed by atoms with van der Waals surface area (Å²) in [5, 5.41) is 2.65. The Morgan fingerprint density at radius 3 is 1.77 bits per heavy atom. The second kappa shape index (κ2) is 10.8. The molecule has 0 atom stereocenters. The molecule has 0 aromatic heterocycles. The highest BCUT2D eigenvalue weighted by molar-refractivity contribution is 6.07. The van der Waals surface area contributed by atoms with E-state index in [9.17, 15) is 9.59 Å². The third kappa shape index (κ3) is 5.39. The van der Waals surface area contributed by atoms with Gasteiger partial charge in [-0.05, 0) is 23.8 Å². The predicted octanol–water partition coefficient (Wildman–Crippen LogP) is 3.17. The van der Waals surface area contributed by atoms with E-state index in [1.54, 1.807) is 18.2 Å². The van der Waals surface area contributed by atoms with Gasteiger partial charge in [-0.25, -0.2) is 4.79 Å². The second-order valence-electron chi connectivity index (χ2n) is 6.03. The maximum absolute atomic E-state index is 12.5. The highest BCUT2D eigenvalue weighted by atomic mass is 16.5. The number of amides is 1. The van der Waals surface area contributed by atoms with Gasteiger partial charge in [-0.3, -0.25) is 4.79 Å². The van der Waals surface area contributed by atoms with Gasteiger partial charge in [-0.2, -0.15) is 0 Å². The molecule has 2 aromatic carbocycles. The van der Waals surface area contributed by atoms with Gasteiger partial charge in [0.15, 0.2) is 23.0 Å². The van der Waals surface area contributed by atoms with Crippen LogP contribution < -0.4 is 29.0 Å². The first-order valence-corrected chi connectivity index (χ1v) is 9.05. The van der Waals surface area contributed by atoms with Crippen molar-refractivity contribution in [3.05, 3.63) is 41.5 Å². The SMILES string of the molecule is COC(=O)c1cc(OC)c(OC)cc1NC(=O)/C=C/c1cc(OC)c(OC)c(OC)c1. The molecule has 0 fully saturated rings. The minimum Gasteiger partial charge on any atom is -0.493 e. The van der Waals surface area contributed by atoms with Crippen molar-refractivity contribution in [2.24, 2.45) is 0 Å². The fraction of sp³-hybridized carbons (Fsp3) is 0.273. The minimum atomic E-state index is -0.634. The number of esters is 1. The zero-order valence-electron chi connectivity index (χ0n) is 18.2. The number of rotatable bonds is 9. The summed E-state index contributed by atoms with van der Waals surface area (Å²) in [6, 6.07) is 6.31. The number of carbonyl (C=O) groups is 2. The van der Waals surface area contributed by atoms with Gasteiger partial charge in [0.1, 0.15) is 0 Å². The third-order valence-electron chi connectivity index (χ3n) is 4.30. The van der Waals surface area contributed by atoms with Gasteiger partial charge in [0.25, 0.3) is 0 Å². The molecule has 0 radical (unpaired) electrons. The molecule has 9 heteroatoms. The van der Waals surface area contributed by atoms with Crippen LogP contribution in [0.2, 0.25) is 0 Å². The second-order valence-corrected chi connectivity index (χ2v) is 6.03. The minimum absolute atomic E-state index is 0.120. The number of nitrogens with one attached hydrogen (secondary N) is 1. The molecule has 166 valence electrons. The lowest BCUT2D eigenvalue weighted by molar-refractivity contribution is -0.111. The molecule has 9 nitrogen and oxygen atoms in total. The number of carbonyl (C=O) groups excluding carboxylic acids is 2. The molecule has 0 saturated carbocycles. The smallest absolute Gasteiger partial charge is 0.340 e. The van der Waals surface area contributed by atoms with E-state index in [-0.39, 0.29) is 11.3 Å². The third-order valence-corrected chi connectivity index (χ3v) is 4.30. The maximum atomic E-state index is 12.5. The average molecular weight is 431 g/mol. The van der Waals surface area contributed by atoms with Crippen LogP contribution in [0.1, 0.15) is 15.9 Å². The zero-order valence-corrected chi connectivity index (χ0v) is 18.2. The first-order chi connectivity index (χ1) is 14.9. The predicted molar refractivity (Wildman–Crippen MR) is 115 cm³/mol. The van der Waals surface area contributed by atoms with Crippen LogP contribution in [0, 0.1) is 0 Å². The molecule has 0 spiro atoms. The van der Waals surface area contributed by atoms with Crippen molar-refractivity contribution >= 4 is 23.6 Å². The van der Waals surface area contributed by atoms with Crippen molar-refractivity contribution < 1.29 is 38.0 Å². The Bertz CT molecular complexity index is 959. The van der Waals surface area contributed by atoms with Crippen LogP contribution in [0.5, 0.6) is 28.7 Å². The lowest BCUT2D eigenvalue weighted by atomic mass is 10.1. The normalized spacial score (nSPS) is 10.4. The number of ether oxygens (including phenoxy) is 6. The van der Waals surface area contributed by atoms with Gasteiger partial charge in [-0.15, -0.1) is 0 Å². The molecule has 0 bridgehead atoms. The number of hydrogen-bond acceptors (Lipinski definition) is 8. The Morgan fingerprint density at radius 2 is 1.29 bits per heavy atom. The summed E-state index contributed by atoms with van der Waals surface area (Å²) in [5.74, 6) is 0.910. The molecule has 1 amide bonds. The van der Waals surface area contributed by atoms with E-state index in [0.717, 1.165) is 0 Å².